The molecule has 1 heterocycles. The van der Waals surface area contributed by atoms with Crippen LogP contribution in [0.25, 0.3) is 10.9 Å². The van der Waals surface area contributed by atoms with Gasteiger partial charge in [0.2, 0.25) is 0 Å². The van der Waals surface area contributed by atoms with Crippen LogP contribution >= 0.6 is 0 Å². The van der Waals surface area contributed by atoms with Gasteiger partial charge in [-0.05, 0) is 64.7 Å². The lowest BCUT2D eigenvalue weighted by Gasteiger charge is -2.33. The van der Waals surface area contributed by atoms with Crippen molar-refractivity contribution in [3.05, 3.63) is 35.0 Å². The topological polar surface area (TPSA) is 54.1 Å². The standard InChI is InChI=1S/C21H30N2O2/c1-13-10-14(2)19-16(11-13)17(12-22-19)15-8-6-7-9-18(15)23-20(24)25-21(3,4)5/h10-12,15,18,22H,6-9H2,1-5H3,(H,23,24)/t15-,18-/m0/s1. The van der Waals surface area contributed by atoms with Crippen LogP contribution in [0.2, 0.25) is 0 Å². The van der Waals surface area contributed by atoms with Gasteiger partial charge < -0.3 is 15.0 Å². The van der Waals surface area contributed by atoms with Crippen molar-refractivity contribution in [2.24, 2.45) is 0 Å². The van der Waals surface area contributed by atoms with Crippen LogP contribution in [-0.2, 0) is 4.74 Å². The lowest BCUT2D eigenvalue weighted by molar-refractivity contribution is 0.0485. The minimum Gasteiger partial charge on any atom is -0.444 e. The second kappa shape index (κ2) is 6.74. The summed E-state index contributed by atoms with van der Waals surface area (Å²) < 4.78 is 5.47. The Kier molecular flexibility index (Phi) is 4.81. The summed E-state index contributed by atoms with van der Waals surface area (Å²) in [6, 6.07) is 4.59. The lowest BCUT2D eigenvalue weighted by atomic mass is 9.79. The zero-order valence-electron chi connectivity index (χ0n) is 16.0. The predicted molar refractivity (Wildman–Crippen MR) is 102 cm³/mol. The molecule has 1 saturated carbocycles. The quantitative estimate of drug-likeness (QED) is 0.774. The summed E-state index contributed by atoms with van der Waals surface area (Å²) >= 11 is 0. The third-order valence-corrected chi connectivity index (χ3v) is 5.03. The number of alkyl carbamates (subject to hydrolysis) is 1. The third kappa shape index (κ3) is 4.00. The highest BCUT2D eigenvalue weighted by molar-refractivity contribution is 5.87. The minimum absolute atomic E-state index is 0.128. The predicted octanol–water partition coefficient (Wildman–Crippen LogP) is 5.34. The first kappa shape index (κ1) is 17.8. The highest BCUT2D eigenvalue weighted by Gasteiger charge is 2.31. The van der Waals surface area contributed by atoms with E-state index in [2.05, 4.69) is 42.5 Å². The number of aryl methyl sites for hydroxylation is 2. The molecule has 3 rings (SSSR count). The molecule has 0 bridgehead atoms. The summed E-state index contributed by atoms with van der Waals surface area (Å²) in [6.45, 7) is 9.98. The molecular weight excluding hydrogens is 312 g/mol. The SMILES string of the molecule is Cc1cc(C)c2[nH]cc([C@@H]3CCCC[C@@H]3NC(=O)OC(C)(C)C)c2c1. The van der Waals surface area contributed by atoms with E-state index < -0.39 is 5.60 Å². The second-order valence-corrected chi connectivity index (χ2v) is 8.39. The van der Waals surface area contributed by atoms with Crippen LogP contribution in [-0.4, -0.2) is 22.7 Å². The maximum Gasteiger partial charge on any atom is 0.407 e. The van der Waals surface area contributed by atoms with Crippen LogP contribution in [0.1, 0.15) is 69.1 Å². The number of hydrogen-bond acceptors (Lipinski definition) is 2. The molecule has 4 heteroatoms. The Balaban J connectivity index is 1.88. The van der Waals surface area contributed by atoms with Gasteiger partial charge in [0.05, 0.1) is 0 Å². The van der Waals surface area contributed by atoms with Crippen LogP contribution in [0.5, 0.6) is 0 Å². The van der Waals surface area contributed by atoms with Gasteiger partial charge in [-0.2, -0.15) is 0 Å². The van der Waals surface area contributed by atoms with Gasteiger partial charge in [-0.3, -0.25) is 0 Å². The van der Waals surface area contributed by atoms with Crippen LogP contribution in [0, 0.1) is 13.8 Å². The van der Waals surface area contributed by atoms with Crippen molar-refractivity contribution in [2.75, 3.05) is 0 Å². The summed E-state index contributed by atoms with van der Waals surface area (Å²) in [4.78, 5) is 15.7. The van der Waals surface area contributed by atoms with E-state index >= 15 is 0 Å². The summed E-state index contributed by atoms with van der Waals surface area (Å²) in [6.07, 6.45) is 6.28. The molecule has 136 valence electrons. The molecule has 0 aliphatic heterocycles. The van der Waals surface area contributed by atoms with E-state index in [4.69, 9.17) is 4.74 Å². The summed E-state index contributed by atoms with van der Waals surface area (Å²) in [5.74, 6) is 0.330. The highest BCUT2D eigenvalue weighted by Crippen LogP contribution is 2.38. The number of rotatable bonds is 2. The van der Waals surface area contributed by atoms with Gasteiger partial charge in [0.1, 0.15) is 5.60 Å². The fraction of sp³-hybridized carbons (Fsp3) is 0.571. The number of nitrogens with one attached hydrogen (secondary N) is 2. The zero-order valence-corrected chi connectivity index (χ0v) is 16.0. The Morgan fingerprint density at radius 1 is 1.20 bits per heavy atom. The molecule has 1 aliphatic rings. The molecule has 2 atom stereocenters. The molecule has 0 radical (unpaired) electrons. The number of fused-ring (bicyclic) bond motifs is 1. The van der Waals surface area contributed by atoms with Crippen molar-refractivity contribution in [1.82, 2.24) is 10.3 Å². The summed E-state index contributed by atoms with van der Waals surface area (Å²) in [7, 11) is 0. The first-order chi connectivity index (χ1) is 11.7. The molecule has 0 unspecified atom stereocenters. The molecule has 1 fully saturated rings. The molecule has 25 heavy (non-hydrogen) atoms. The van der Waals surface area contributed by atoms with E-state index in [1.54, 1.807) is 0 Å². The number of aromatic nitrogens is 1. The molecule has 0 spiro atoms. The van der Waals surface area contributed by atoms with Gasteiger partial charge in [-0.25, -0.2) is 4.79 Å². The summed E-state index contributed by atoms with van der Waals surface area (Å²) in [5.41, 5.74) is 4.61. The molecule has 1 aromatic heterocycles. The molecule has 0 saturated heterocycles. The van der Waals surface area contributed by atoms with Gasteiger partial charge in [-0.1, -0.05) is 24.5 Å². The lowest BCUT2D eigenvalue weighted by Crippen LogP contribution is -2.43. The minimum atomic E-state index is -0.469. The molecule has 1 amide bonds. The fourth-order valence-electron chi connectivity index (χ4n) is 4.06. The fourth-order valence-corrected chi connectivity index (χ4v) is 4.06. The third-order valence-electron chi connectivity index (χ3n) is 5.03. The van der Waals surface area contributed by atoms with Crippen LogP contribution in [0.4, 0.5) is 4.79 Å². The Hall–Kier alpha value is -1.97. The van der Waals surface area contributed by atoms with Gasteiger partial charge >= 0.3 is 6.09 Å². The molecular formula is C21H30N2O2. The molecule has 2 aromatic rings. The molecule has 2 N–H and O–H groups in total. The van der Waals surface area contributed by atoms with Crippen molar-refractivity contribution in [3.63, 3.8) is 0 Å². The Bertz CT molecular complexity index is 770. The highest BCUT2D eigenvalue weighted by atomic mass is 16.6. The van der Waals surface area contributed by atoms with E-state index in [-0.39, 0.29) is 12.1 Å². The number of ether oxygens (including phenoxy) is 1. The average molecular weight is 342 g/mol. The van der Waals surface area contributed by atoms with Crippen LogP contribution < -0.4 is 5.32 Å². The van der Waals surface area contributed by atoms with E-state index in [1.165, 1.54) is 34.0 Å². The number of carbonyl (C=O) groups is 1. The van der Waals surface area contributed by atoms with Crippen molar-refractivity contribution >= 4 is 17.0 Å². The Morgan fingerprint density at radius 2 is 1.92 bits per heavy atom. The van der Waals surface area contributed by atoms with Gasteiger partial charge in [-0.15, -0.1) is 0 Å². The number of aromatic amines is 1. The molecule has 4 nitrogen and oxygen atoms in total. The van der Waals surface area contributed by atoms with Crippen molar-refractivity contribution in [3.8, 4) is 0 Å². The molecule has 1 aromatic carbocycles. The first-order valence-electron chi connectivity index (χ1n) is 9.32. The largest absolute Gasteiger partial charge is 0.444 e. The summed E-state index contributed by atoms with van der Waals surface area (Å²) in [5, 5.41) is 4.42. The van der Waals surface area contributed by atoms with Gasteiger partial charge in [0, 0.05) is 29.1 Å². The van der Waals surface area contributed by atoms with Gasteiger partial charge in [0.15, 0.2) is 0 Å². The van der Waals surface area contributed by atoms with Crippen molar-refractivity contribution in [2.45, 2.75) is 77.9 Å². The van der Waals surface area contributed by atoms with E-state index in [1.807, 2.05) is 20.8 Å². The number of H-pyrrole nitrogens is 1. The monoisotopic (exact) mass is 342 g/mol. The van der Waals surface area contributed by atoms with Crippen molar-refractivity contribution < 1.29 is 9.53 Å². The Morgan fingerprint density at radius 3 is 2.64 bits per heavy atom. The zero-order chi connectivity index (χ0) is 18.2. The smallest absolute Gasteiger partial charge is 0.407 e. The second-order valence-electron chi connectivity index (χ2n) is 8.39. The van der Waals surface area contributed by atoms with Crippen LogP contribution in [0.3, 0.4) is 0 Å². The average Bonchev–Trinajstić information content (AvgIpc) is 2.89. The first-order valence-corrected chi connectivity index (χ1v) is 9.32. The number of amides is 1. The van der Waals surface area contributed by atoms with E-state index in [0.29, 0.717) is 5.92 Å². The van der Waals surface area contributed by atoms with Crippen LogP contribution in [0.15, 0.2) is 18.3 Å². The maximum absolute atomic E-state index is 12.3. The number of hydrogen-bond donors (Lipinski definition) is 2. The van der Waals surface area contributed by atoms with Gasteiger partial charge in [0.25, 0.3) is 0 Å². The number of benzene rings is 1. The molecule has 1 aliphatic carbocycles. The van der Waals surface area contributed by atoms with E-state index in [9.17, 15) is 4.79 Å². The van der Waals surface area contributed by atoms with Crippen molar-refractivity contribution in [1.29, 1.82) is 0 Å². The normalized spacial score (nSPS) is 21.3. The number of carbonyl (C=O) groups excluding carboxylic acids is 1. The maximum atomic E-state index is 12.3. The Labute approximate surface area is 150 Å². The van der Waals surface area contributed by atoms with E-state index in [0.717, 1.165) is 19.3 Å².